The molecule has 0 saturated heterocycles. The number of thioether (sulfide) groups is 1. The minimum absolute atomic E-state index is 0.858. The molecule has 0 radical (unpaired) electrons. The van der Waals surface area contributed by atoms with Gasteiger partial charge in [0.15, 0.2) is 0 Å². The van der Waals surface area contributed by atoms with E-state index in [9.17, 15) is 0 Å². The van der Waals surface area contributed by atoms with Gasteiger partial charge in [-0.15, -0.1) is 11.8 Å². The van der Waals surface area contributed by atoms with Crippen molar-refractivity contribution in [3.05, 3.63) is 42.0 Å². The zero-order valence-corrected chi connectivity index (χ0v) is 8.73. The molecule has 0 amide bonds. The van der Waals surface area contributed by atoms with Crippen LogP contribution in [-0.2, 0) is 0 Å². The highest BCUT2D eigenvalue weighted by atomic mass is 32.2. The normalized spacial score (nSPS) is 15.8. The molecule has 0 bridgehead atoms. The van der Waals surface area contributed by atoms with E-state index in [1.54, 1.807) is 11.8 Å². The zero-order valence-electron chi connectivity index (χ0n) is 7.92. The maximum absolute atomic E-state index is 4.00. The quantitative estimate of drug-likeness (QED) is 0.696. The molecule has 1 aliphatic rings. The highest BCUT2D eigenvalue weighted by molar-refractivity contribution is 8.07. The summed E-state index contributed by atoms with van der Waals surface area (Å²) in [4.78, 5) is 1.15. The van der Waals surface area contributed by atoms with Crippen LogP contribution in [0, 0.1) is 0 Å². The molecular formula is C12H14S. The van der Waals surface area contributed by atoms with E-state index >= 15 is 0 Å². The van der Waals surface area contributed by atoms with Gasteiger partial charge in [-0.05, 0) is 36.1 Å². The molecule has 0 spiro atoms. The van der Waals surface area contributed by atoms with E-state index in [2.05, 4.69) is 37.1 Å². The van der Waals surface area contributed by atoms with E-state index in [0.717, 1.165) is 10.8 Å². The molecule has 0 aliphatic heterocycles. The number of hydrogen-bond donors (Lipinski definition) is 0. The van der Waals surface area contributed by atoms with E-state index in [0.29, 0.717) is 0 Å². The maximum Gasteiger partial charge on any atom is 0.00697 e. The van der Waals surface area contributed by atoms with Crippen molar-refractivity contribution in [2.24, 2.45) is 0 Å². The lowest BCUT2D eigenvalue weighted by atomic mass is 10.1. The van der Waals surface area contributed by atoms with Crippen molar-refractivity contribution in [2.75, 3.05) is 6.26 Å². The molecule has 0 heterocycles. The summed E-state index contributed by atoms with van der Waals surface area (Å²) in [7, 11) is 0. The van der Waals surface area contributed by atoms with Gasteiger partial charge in [-0.2, -0.15) is 0 Å². The molecule has 1 aromatic carbocycles. The summed E-state index contributed by atoms with van der Waals surface area (Å²) in [5, 5.41) is 0. The first-order valence-corrected chi connectivity index (χ1v) is 5.87. The highest BCUT2D eigenvalue weighted by Crippen LogP contribution is 2.40. The van der Waals surface area contributed by atoms with E-state index in [1.165, 1.54) is 24.0 Å². The van der Waals surface area contributed by atoms with Crippen LogP contribution in [0.1, 0.15) is 29.9 Å². The fraction of sp³-hybridized carbons (Fsp3) is 0.333. The Bertz CT molecular complexity index is 306. The van der Waals surface area contributed by atoms with Crippen LogP contribution in [0.15, 0.2) is 30.8 Å². The zero-order chi connectivity index (χ0) is 9.26. The standard InChI is InChI=1S/C12H14S/c1-9(13-2)10-3-5-11(6-4-10)12-7-8-12/h3-6,12H,1,7-8H2,2H3. The molecule has 1 aliphatic carbocycles. The minimum Gasteiger partial charge on any atom is -0.130 e. The lowest BCUT2D eigenvalue weighted by Crippen LogP contribution is -1.81. The van der Waals surface area contributed by atoms with Crippen LogP contribution in [0.3, 0.4) is 0 Å². The smallest absolute Gasteiger partial charge is 0.00697 e. The second kappa shape index (κ2) is 3.59. The Morgan fingerprint density at radius 3 is 2.38 bits per heavy atom. The number of rotatable bonds is 3. The van der Waals surface area contributed by atoms with Gasteiger partial charge in [-0.25, -0.2) is 0 Å². The molecule has 0 nitrogen and oxygen atoms in total. The van der Waals surface area contributed by atoms with Gasteiger partial charge in [-0.1, -0.05) is 30.8 Å². The van der Waals surface area contributed by atoms with Gasteiger partial charge >= 0.3 is 0 Å². The number of benzene rings is 1. The van der Waals surface area contributed by atoms with Gasteiger partial charge in [0.25, 0.3) is 0 Å². The molecule has 1 saturated carbocycles. The number of hydrogen-bond acceptors (Lipinski definition) is 1. The van der Waals surface area contributed by atoms with Crippen LogP contribution in [0.5, 0.6) is 0 Å². The van der Waals surface area contributed by atoms with Crippen molar-refractivity contribution >= 4 is 16.7 Å². The van der Waals surface area contributed by atoms with E-state index in [-0.39, 0.29) is 0 Å². The van der Waals surface area contributed by atoms with Crippen molar-refractivity contribution < 1.29 is 0 Å². The first-order chi connectivity index (χ1) is 6.31. The molecular weight excluding hydrogens is 176 g/mol. The Kier molecular flexibility index (Phi) is 2.45. The first-order valence-electron chi connectivity index (χ1n) is 4.64. The van der Waals surface area contributed by atoms with Crippen LogP contribution < -0.4 is 0 Å². The van der Waals surface area contributed by atoms with Gasteiger partial charge in [0, 0.05) is 4.91 Å². The van der Waals surface area contributed by atoms with Gasteiger partial charge in [0.2, 0.25) is 0 Å². The predicted octanol–water partition coefficient (Wildman–Crippen LogP) is 3.90. The Hall–Kier alpha value is -0.690. The first kappa shape index (κ1) is 8.89. The fourth-order valence-corrected chi connectivity index (χ4v) is 1.85. The Morgan fingerprint density at radius 2 is 1.92 bits per heavy atom. The molecule has 1 fully saturated rings. The summed E-state index contributed by atoms with van der Waals surface area (Å²) in [6.45, 7) is 4.00. The molecule has 1 aromatic rings. The summed E-state index contributed by atoms with van der Waals surface area (Å²) in [5.74, 6) is 0.858. The van der Waals surface area contributed by atoms with E-state index in [1.807, 2.05) is 0 Å². The largest absolute Gasteiger partial charge is 0.130 e. The second-order valence-corrected chi connectivity index (χ2v) is 4.42. The van der Waals surface area contributed by atoms with E-state index in [4.69, 9.17) is 0 Å². The third kappa shape index (κ3) is 1.97. The summed E-state index contributed by atoms with van der Waals surface area (Å²) >= 11 is 1.71. The minimum atomic E-state index is 0.858. The topological polar surface area (TPSA) is 0 Å². The SMILES string of the molecule is C=C(SC)c1ccc(C2CC2)cc1. The Morgan fingerprint density at radius 1 is 1.31 bits per heavy atom. The predicted molar refractivity (Wildman–Crippen MR) is 61.0 cm³/mol. The lowest BCUT2D eigenvalue weighted by molar-refractivity contribution is 1.13. The van der Waals surface area contributed by atoms with Crippen molar-refractivity contribution in [3.8, 4) is 0 Å². The van der Waals surface area contributed by atoms with Crippen LogP contribution in [-0.4, -0.2) is 6.26 Å². The average molecular weight is 190 g/mol. The van der Waals surface area contributed by atoms with Crippen molar-refractivity contribution in [3.63, 3.8) is 0 Å². The Balaban J connectivity index is 2.17. The monoisotopic (exact) mass is 190 g/mol. The molecule has 0 N–H and O–H groups in total. The second-order valence-electron chi connectivity index (χ2n) is 3.52. The summed E-state index contributed by atoms with van der Waals surface area (Å²) in [6, 6.07) is 8.86. The molecule has 68 valence electrons. The summed E-state index contributed by atoms with van der Waals surface area (Å²) in [5.41, 5.74) is 2.76. The van der Waals surface area contributed by atoms with Crippen LogP contribution in [0.4, 0.5) is 0 Å². The van der Waals surface area contributed by atoms with Gasteiger partial charge in [0.1, 0.15) is 0 Å². The molecule has 0 atom stereocenters. The molecule has 0 unspecified atom stereocenters. The third-order valence-electron chi connectivity index (χ3n) is 2.53. The fourth-order valence-electron chi connectivity index (χ4n) is 1.48. The van der Waals surface area contributed by atoms with E-state index < -0.39 is 0 Å². The van der Waals surface area contributed by atoms with Gasteiger partial charge in [-0.3, -0.25) is 0 Å². The maximum atomic E-state index is 4.00. The molecule has 0 aromatic heterocycles. The molecule has 1 heteroatoms. The summed E-state index contributed by atoms with van der Waals surface area (Å²) in [6.07, 6.45) is 4.82. The third-order valence-corrected chi connectivity index (χ3v) is 3.26. The van der Waals surface area contributed by atoms with Gasteiger partial charge < -0.3 is 0 Å². The van der Waals surface area contributed by atoms with Crippen molar-refractivity contribution in [1.29, 1.82) is 0 Å². The summed E-state index contributed by atoms with van der Waals surface area (Å²) < 4.78 is 0. The van der Waals surface area contributed by atoms with Crippen LogP contribution in [0.2, 0.25) is 0 Å². The molecule has 2 rings (SSSR count). The highest BCUT2D eigenvalue weighted by Gasteiger charge is 2.22. The van der Waals surface area contributed by atoms with Crippen LogP contribution in [0.25, 0.3) is 4.91 Å². The van der Waals surface area contributed by atoms with Gasteiger partial charge in [0.05, 0.1) is 0 Å². The van der Waals surface area contributed by atoms with Crippen molar-refractivity contribution in [1.82, 2.24) is 0 Å². The lowest BCUT2D eigenvalue weighted by Gasteiger charge is -2.03. The Labute approximate surface area is 84.0 Å². The van der Waals surface area contributed by atoms with Crippen molar-refractivity contribution in [2.45, 2.75) is 18.8 Å². The van der Waals surface area contributed by atoms with Crippen LogP contribution >= 0.6 is 11.8 Å². The average Bonchev–Trinajstić information content (AvgIpc) is 3.00. The molecule has 13 heavy (non-hydrogen) atoms.